The molecule has 5 heteroatoms. The van der Waals surface area contributed by atoms with Crippen LogP contribution >= 0.6 is 0 Å². The zero-order valence-corrected chi connectivity index (χ0v) is 12.3. The van der Waals surface area contributed by atoms with Gasteiger partial charge in [-0.25, -0.2) is 0 Å². The maximum Gasteiger partial charge on any atom is 0.333 e. The first-order valence-corrected chi connectivity index (χ1v) is 7.21. The van der Waals surface area contributed by atoms with Crippen LogP contribution in [-0.2, 0) is 0 Å². The fourth-order valence-corrected chi connectivity index (χ4v) is 2.87. The quantitative estimate of drug-likeness (QED) is 0.656. The van der Waals surface area contributed by atoms with E-state index in [2.05, 4.69) is 19.2 Å². The Morgan fingerprint density at radius 1 is 1.40 bits per heavy atom. The van der Waals surface area contributed by atoms with Crippen LogP contribution < -0.4 is 10.1 Å². The Balaban J connectivity index is 2.27. The number of nitro benzene ring substituents is 1. The molecule has 3 atom stereocenters. The molecule has 20 heavy (non-hydrogen) atoms. The standard InChI is InChI=1S/C15H22N2O3/c1-4-20-14-7-5-6-13(15(14)17(18)19)16-12-9-8-10(2)11(12)3/h5-7,10-12,16H,4,8-9H2,1-3H3. The second-order valence-electron chi connectivity index (χ2n) is 5.51. The minimum atomic E-state index is -0.365. The second kappa shape index (κ2) is 6.11. The number of hydrogen-bond donors (Lipinski definition) is 1. The van der Waals surface area contributed by atoms with Gasteiger partial charge in [0.1, 0.15) is 5.69 Å². The van der Waals surface area contributed by atoms with Gasteiger partial charge in [0.15, 0.2) is 5.75 Å². The lowest BCUT2D eigenvalue weighted by Crippen LogP contribution is -2.24. The zero-order chi connectivity index (χ0) is 14.7. The Kier molecular flexibility index (Phi) is 4.47. The molecular formula is C15H22N2O3. The van der Waals surface area contributed by atoms with Gasteiger partial charge in [-0.05, 0) is 43.7 Å². The van der Waals surface area contributed by atoms with Crippen LogP contribution in [0.3, 0.4) is 0 Å². The highest BCUT2D eigenvalue weighted by Gasteiger charge is 2.31. The van der Waals surface area contributed by atoms with Crippen molar-refractivity contribution in [2.45, 2.75) is 39.7 Å². The average molecular weight is 278 g/mol. The van der Waals surface area contributed by atoms with Crippen molar-refractivity contribution in [2.75, 3.05) is 11.9 Å². The summed E-state index contributed by atoms with van der Waals surface area (Å²) < 4.78 is 5.37. The van der Waals surface area contributed by atoms with Crippen LogP contribution in [0.1, 0.15) is 33.6 Å². The van der Waals surface area contributed by atoms with E-state index in [1.807, 2.05) is 6.92 Å². The normalized spacial score (nSPS) is 25.4. The van der Waals surface area contributed by atoms with E-state index >= 15 is 0 Å². The van der Waals surface area contributed by atoms with Gasteiger partial charge in [0, 0.05) is 6.04 Å². The third kappa shape index (κ3) is 2.86. The predicted octanol–water partition coefficient (Wildman–Crippen LogP) is 3.84. The summed E-state index contributed by atoms with van der Waals surface area (Å²) in [6.45, 7) is 6.68. The SMILES string of the molecule is CCOc1cccc(NC2CCC(C)C2C)c1[N+](=O)[O-]. The van der Waals surface area contributed by atoms with Crippen molar-refractivity contribution in [3.05, 3.63) is 28.3 Å². The molecule has 1 N–H and O–H groups in total. The third-order valence-electron chi connectivity index (χ3n) is 4.29. The molecule has 1 fully saturated rings. The van der Waals surface area contributed by atoms with Crippen molar-refractivity contribution in [1.82, 2.24) is 0 Å². The number of nitrogens with one attached hydrogen (secondary N) is 1. The second-order valence-corrected chi connectivity index (χ2v) is 5.51. The van der Waals surface area contributed by atoms with Gasteiger partial charge in [-0.3, -0.25) is 10.1 Å². The van der Waals surface area contributed by atoms with Gasteiger partial charge in [0.25, 0.3) is 0 Å². The summed E-state index contributed by atoms with van der Waals surface area (Å²) in [5.74, 6) is 1.51. The summed E-state index contributed by atoms with van der Waals surface area (Å²) in [7, 11) is 0. The first-order valence-electron chi connectivity index (χ1n) is 7.21. The van der Waals surface area contributed by atoms with E-state index in [0.29, 0.717) is 35.9 Å². The molecule has 3 unspecified atom stereocenters. The van der Waals surface area contributed by atoms with Gasteiger partial charge in [-0.15, -0.1) is 0 Å². The van der Waals surface area contributed by atoms with E-state index < -0.39 is 0 Å². The molecule has 1 aromatic rings. The summed E-state index contributed by atoms with van der Waals surface area (Å²) in [5.41, 5.74) is 0.605. The van der Waals surface area contributed by atoms with Crippen LogP contribution in [0.4, 0.5) is 11.4 Å². The van der Waals surface area contributed by atoms with Gasteiger partial charge in [-0.2, -0.15) is 0 Å². The topological polar surface area (TPSA) is 64.4 Å². The average Bonchev–Trinajstić information content (AvgIpc) is 2.71. The van der Waals surface area contributed by atoms with Gasteiger partial charge in [0.2, 0.25) is 0 Å². The minimum Gasteiger partial charge on any atom is -0.487 e. The number of anilines is 1. The molecule has 0 amide bonds. The number of rotatable bonds is 5. The third-order valence-corrected chi connectivity index (χ3v) is 4.29. The van der Waals surface area contributed by atoms with E-state index in [1.165, 1.54) is 0 Å². The van der Waals surface area contributed by atoms with E-state index in [0.717, 1.165) is 12.8 Å². The predicted molar refractivity (Wildman–Crippen MR) is 79.2 cm³/mol. The molecule has 1 aliphatic rings. The number of ether oxygens (including phenoxy) is 1. The number of para-hydroxylation sites is 1. The summed E-state index contributed by atoms with van der Waals surface area (Å²) in [6, 6.07) is 5.49. The van der Waals surface area contributed by atoms with Crippen LogP contribution in [0.25, 0.3) is 0 Å². The van der Waals surface area contributed by atoms with Crippen LogP contribution in [0.15, 0.2) is 18.2 Å². The summed E-state index contributed by atoms with van der Waals surface area (Å²) >= 11 is 0. The molecule has 0 radical (unpaired) electrons. The van der Waals surface area contributed by atoms with Crippen LogP contribution in [0.5, 0.6) is 5.75 Å². The Morgan fingerprint density at radius 2 is 2.15 bits per heavy atom. The molecule has 110 valence electrons. The molecule has 5 nitrogen and oxygen atoms in total. The molecular weight excluding hydrogens is 256 g/mol. The Labute approximate surface area is 119 Å². The maximum absolute atomic E-state index is 11.3. The van der Waals surface area contributed by atoms with Gasteiger partial charge in [0.05, 0.1) is 11.5 Å². The molecule has 2 rings (SSSR count). The minimum absolute atomic E-state index is 0.0427. The molecule has 0 bridgehead atoms. The van der Waals surface area contributed by atoms with Crippen molar-refractivity contribution < 1.29 is 9.66 Å². The van der Waals surface area contributed by atoms with Crippen molar-refractivity contribution in [2.24, 2.45) is 11.8 Å². The first kappa shape index (κ1) is 14.6. The van der Waals surface area contributed by atoms with Gasteiger partial charge in [-0.1, -0.05) is 19.9 Å². The summed E-state index contributed by atoms with van der Waals surface area (Å²) in [6.07, 6.45) is 2.22. The molecule has 1 aromatic carbocycles. The van der Waals surface area contributed by atoms with Crippen LogP contribution in [-0.4, -0.2) is 17.6 Å². The van der Waals surface area contributed by atoms with E-state index in [-0.39, 0.29) is 10.6 Å². The van der Waals surface area contributed by atoms with Crippen molar-refractivity contribution in [1.29, 1.82) is 0 Å². The number of benzene rings is 1. The smallest absolute Gasteiger partial charge is 0.333 e. The Morgan fingerprint density at radius 3 is 2.70 bits per heavy atom. The van der Waals surface area contributed by atoms with Crippen molar-refractivity contribution in [3.8, 4) is 5.75 Å². The molecule has 1 saturated carbocycles. The van der Waals surface area contributed by atoms with Crippen LogP contribution in [0.2, 0.25) is 0 Å². The summed E-state index contributed by atoms with van der Waals surface area (Å²) in [5, 5.41) is 14.7. The fraction of sp³-hybridized carbons (Fsp3) is 0.600. The monoisotopic (exact) mass is 278 g/mol. The highest BCUT2D eigenvalue weighted by atomic mass is 16.6. The lowest BCUT2D eigenvalue weighted by atomic mass is 9.97. The first-order chi connectivity index (χ1) is 9.54. The fourth-order valence-electron chi connectivity index (χ4n) is 2.87. The number of nitro groups is 1. The van der Waals surface area contributed by atoms with Crippen LogP contribution in [0, 0.1) is 22.0 Å². The maximum atomic E-state index is 11.3. The molecule has 0 spiro atoms. The lowest BCUT2D eigenvalue weighted by Gasteiger charge is -2.21. The number of hydrogen-bond acceptors (Lipinski definition) is 4. The molecule has 0 saturated heterocycles. The Hall–Kier alpha value is -1.78. The zero-order valence-electron chi connectivity index (χ0n) is 12.3. The van der Waals surface area contributed by atoms with E-state index in [9.17, 15) is 10.1 Å². The molecule has 0 aromatic heterocycles. The largest absolute Gasteiger partial charge is 0.487 e. The highest BCUT2D eigenvalue weighted by molar-refractivity contribution is 5.68. The molecule has 1 aliphatic carbocycles. The molecule has 0 heterocycles. The van der Waals surface area contributed by atoms with E-state index in [4.69, 9.17) is 4.74 Å². The van der Waals surface area contributed by atoms with Gasteiger partial charge < -0.3 is 10.1 Å². The van der Waals surface area contributed by atoms with E-state index in [1.54, 1.807) is 18.2 Å². The Bertz CT molecular complexity index is 490. The van der Waals surface area contributed by atoms with Crippen molar-refractivity contribution >= 4 is 11.4 Å². The van der Waals surface area contributed by atoms with Crippen molar-refractivity contribution in [3.63, 3.8) is 0 Å². The van der Waals surface area contributed by atoms with Gasteiger partial charge >= 0.3 is 5.69 Å². The summed E-state index contributed by atoms with van der Waals surface area (Å²) in [4.78, 5) is 11.0. The highest BCUT2D eigenvalue weighted by Crippen LogP contribution is 2.39. The molecule has 0 aliphatic heterocycles. The lowest BCUT2D eigenvalue weighted by molar-refractivity contribution is -0.385. The number of nitrogens with zero attached hydrogens (tertiary/aromatic N) is 1.